The van der Waals surface area contributed by atoms with Crippen molar-refractivity contribution in [3.63, 3.8) is 0 Å². The van der Waals surface area contributed by atoms with Gasteiger partial charge >= 0.3 is 0 Å². The largest absolute Gasteiger partial charge is 0.0839 e. The molecule has 0 nitrogen and oxygen atoms in total. The molecule has 1 aromatic rings. The average molecular weight is 168 g/mol. The fourth-order valence-electron chi connectivity index (χ4n) is 3.56. The van der Waals surface area contributed by atoms with Crippen LogP contribution < -0.4 is 0 Å². The van der Waals surface area contributed by atoms with Crippen LogP contribution in [0.2, 0.25) is 0 Å². The van der Waals surface area contributed by atoms with Crippen LogP contribution in [-0.2, 0) is 6.42 Å². The SMILES string of the molecule is C1=CC23Cc4ccccc4[C@H]2C[C@H]13. The van der Waals surface area contributed by atoms with Gasteiger partial charge in [-0.25, -0.2) is 0 Å². The van der Waals surface area contributed by atoms with Gasteiger partial charge in [0.05, 0.1) is 0 Å². The van der Waals surface area contributed by atoms with Crippen molar-refractivity contribution in [3.05, 3.63) is 47.5 Å². The molecule has 1 spiro atoms. The van der Waals surface area contributed by atoms with Gasteiger partial charge in [0.25, 0.3) is 0 Å². The van der Waals surface area contributed by atoms with Crippen molar-refractivity contribution in [3.8, 4) is 0 Å². The van der Waals surface area contributed by atoms with E-state index in [2.05, 4.69) is 36.4 Å². The highest BCUT2D eigenvalue weighted by Crippen LogP contribution is 2.69. The van der Waals surface area contributed by atoms with Gasteiger partial charge < -0.3 is 0 Å². The summed E-state index contributed by atoms with van der Waals surface area (Å²) < 4.78 is 0. The number of hydrogen-bond donors (Lipinski definition) is 0. The molecule has 0 N–H and O–H groups in total. The summed E-state index contributed by atoms with van der Waals surface area (Å²) in [6.45, 7) is 0. The second-order valence-corrected chi connectivity index (χ2v) is 4.74. The Bertz CT molecular complexity index is 416. The van der Waals surface area contributed by atoms with E-state index >= 15 is 0 Å². The third kappa shape index (κ3) is 0.524. The van der Waals surface area contributed by atoms with E-state index in [1.165, 1.54) is 12.8 Å². The molecule has 0 radical (unpaired) electrons. The first kappa shape index (κ1) is 6.42. The lowest BCUT2D eigenvalue weighted by Crippen LogP contribution is -2.48. The van der Waals surface area contributed by atoms with Gasteiger partial charge in [-0.05, 0) is 35.8 Å². The molecule has 13 heavy (non-hydrogen) atoms. The number of allylic oxidation sites excluding steroid dienone is 2. The second-order valence-electron chi connectivity index (χ2n) is 4.74. The van der Waals surface area contributed by atoms with Crippen molar-refractivity contribution in [1.29, 1.82) is 0 Å². The second kappa shape index (κ2) is 1.75. The maximum atomic E-state index is 2.46. The summed E-state index contributed by atoms with van der Waals surface area (Å²) in [6, 6.07) is 9.01. The lowest BCUT2D eigenvalue weighted by molar-refractivity contribution is 0.0698. The Morgan fingerprint density at radius 3 is 2.92 bits per heavy atom. The molecule has 1 saturated carbocycles. The van der Waals surface area contributed by atoms with Crippen molar-refractivity contribution < 1.29 is 0 Å². The maximum absolute atomic E-state index is 2.46. The number of rotatable bonds is 0. The van der Waals surface area contributed by atoms with Crippen LogP contribution in [-0.4, -0.2) is 0 Å². The topological polar surface area (TPSA) is 0 Å². The normalized spacial score (nSPS) is 42.8. The summed E-state index contributed by atoms with van der Waals surface area (Å²) in [6.07, 6.45) is 7.59. The smallest absolute Gasteiger partial charge is 0.00541 e. The number of benzene rings is 1. The van der Waals surface area contributed by atoms with Crippen molar-refractivity contribution >= 4 is 0 Å². The molecule has 0 heterocycles. The van der Waals surface area contributed by atoms with E-state index < -0.39 is 0 Å². The molecule has 1 fully saturated rings. The highest BCUT2D eigenvalue weighted by molar-refractivity contribution is 5.49. The van der Waals surface area contributed by atoms with E-state index in [1.54, 1.807) is 11.1 Å². The van der Waals surface area contributed by atoms with Gasteiger partial charge in [-0.15, -0.1) is 0 Å². The Labute approximate surface area is 78.3 Å². The molecule has 3 aliphatic carbocycles. The van der Waals surface area contributed by atoms with Crippen molar-refractivity contribution in [2.75, 3.05) is 0 Å². The van der Waals surface area contributed by atoms with Crippen LogP contribution in [0.3, 0.4) is 0 Å². The minimum atomic E-state index is 0.601. The summed E-state index contributed by atoms with van der Waals surface area (Å²) >= 11 is 0. The zero-order chi connectivity index (χ0) is 8.47. The van der Waals surface area contributed by atoms with Crippen LogP contribution >= 0.6 is 0 Å². The van der Waals surface area contributed by atoms with Gasteiger partial charge in [0, 0.05) is 5.41 Å². The first-order valence-electron chi connectivity index (χ1n) is 5.17. The molecular weight excluding hydrogens is 156 g/mol. The van der Waals surface area contributed by atoms with Crippen molar-refractivity contribution in [1.82, 2.24) is 0 Å². The van der Waals surface area contributed by atoms with E-state index in [9.17, 15) is 0 Å². The summed E-state index contributed by atoms with van der Waals surface area (Å²) in [5, 5.41) is 0. The van der Waals surface area contributed by atoms with E-state index in [0.29, 0.717) is 5.41 Å². The molecule has 0 saturated heterocycles. The lowest BCUT2D eigenvalue weighted by atomic mass is 9.47. The highest BCUT2D eigenvalue weighted by Gasteiger charge is 2.60. The quantitative estimate of drug-likeness (QED) is 0.522. The molecule has 0 aliphatic heterocycles. The molecule has 0 aromatic heterocycles. The molecular formula is C13H12. The molecule has 0 amide bonds. The molecule has 0 heteroatoms. The van der Waals surface area contributed by atoms with Gasteiger partial charge in [0.2, 0.25) is 0 Å². The molecule has 1 aromatic carbocycles. The minimum Gasteiger partial charge on any atom is -0.0839 e. The summed E-state index contributed by atoms with van der Waals surface area (Å²) in [7, 11) is 0. The zero-order valence-electron chi connectivity index (χ0n) is 7.53. The average Bonchev–Trinajstić information content (AvgIpc) is 2.47. The third-order valence-electron chi connectivity index (χ3n) is 4.39. The molecule has 3 atom stereocenters. The predicted molar refractivity (Wildman–Crippen MR) is 52.6 cm³/mol. The maximum Gasteiger partial charge on any atom is 0.00541 e. The standard InChI is InChI=1S/C13H12/c1-2-4-11-9(3-1)8-13-6-5-10(13)7-12(11)13/h1-6,10,12H,7-8H2/t10-,12+,13?/m0/s1. The molecule has 3 aliphatic rings. The minimum absolute atomic E-state index is 0.601. The fourth-order valence-corrected chi connectivity index (χ4v) is 3.56. The van der Waals surface area contributed by atoms with E-state index in [4.69, 9.17) is 0 Å². The predicted octanol–water partition coefficient (Wildman–Crippen LogP) is 2.90. The zero-order valence-corrected chi connectivity index (χ0v) is 7.53. The van der Waals surface area contributed by atoms with Crippen LogP contribution in [0.4, 0.5) is 0 Å². The Hall–Kier alpha value is -1.04. The van der Waals surface area contributed by atoms with E-state index in [1.807, 2.05) is 0 Å². The summed E-state index contributed by atoms with van der Waals surface area (Å²) in [4.78, 5) is 0. The first-order valence-corrected chi connectivity index (χ1v) is 5.17. The van der Waals surface area contributed by atoms with Gasteiger partial charge in [-0.1, -0.05) is 36.4 Å². The van der Waals surface area contributed by atoms with Crippen molar-refractivity contribution in [2.24, 2.45) is 11.3 Å². The van der Waals surface area contributed by atoms with Gasteiger partial charge in [0.15, 0.2) is 0 Å². The number of hydrogen-bond acceptors (Lipinski definition) is 0. The van der Waals surface area contributed by atoms with Crippen LogP contribution in [0.25, 0.3) is 0 Å². The van der Waals surface area contributed by atoms with Crippen LogP contribution in [0.15, 0.2) is 36.4 Å². The van der Waals surface area contributed by atoms with Gasteiger partial charge in [-0.2, -0.15) is 0 Å². The van der Waals surface area contributed by atoms with Crippen LogP contribution in [0.5, 0.6) is 0 Å². The fraction of sp³-hybridized carbons (Fsp3) is 0.385. The van der Waals surface area contributed by atoms with Crippen molar-refractivity contribution in [2.45, 2.75) is 18.8 Å². The van der Waals surface area contributed by atoms with E-state index in [0.717, 1.165) is 11.8 Å². The number of fused-ring (bicyclic) bond motifs is 2. The highest BCUT2D eigenvalue weighted by atomic mass is 14.6. The Morgan fingerprint density at radius 2 is 2.15 bits per heavy atom. The summed E-state index contributed by atoms with van der Waals surface area (Å²) in [5.74, 6) is 1.79. The lowest BCUT2D eigenvalue weighted by Gasteiger charge is -2.56. The Kier molecular flexibility index (Phi) is 0.862. The summed E-state index contributed by atoms with van der Waals surface area (Å²) in [5.41, 5.74) is 3.85. The molecule has 4 rings (SSSR count). The molecule has 64 valence electrons. The first-order chi connectivity index (χ1) is 6.40. The Balaban J connectivity index is 1.93. The molecule has 1 unspecified atom stereocenters. The van der Waals surface area contributed by atoms with Gasteiger partial charge in [-0.3, -0.25) is 0 Å². The van der Waals surface area contributed by atoms with E-state index in [-0.39, 0.29) is 0 Å². The van der Waals surface area contributed by atoms with Gasteiger partial charge in [0.1, 0.15) is 0 Å². The van der Waals surface area contributed by atoms with Crippen LogP contribution in [0, 0.1) is 11.3 Å². The third-order valence-corrected chi connectivity index (χ3v) is 4.39. The Morgan fingerprint density at radius 1 is 1.23 bits per heavy atom. The monoisotopic (exact) mass is 168 g/mol. The van der Waals surface area contributed by atoms with Crippen LogP contribution in [0.1, 0.15) is 23.5 Å². The molecule has 0 bridgehead atoms.